The lowest BCUT2D eigenvalue weighted by molar-refractivity contribution is 0.122. The SMILES string of the molecule is CN1C2CCC1C(c1cc(-c3ccccc3)no1)C(c1ccc(Cl)cc1)C2.Cl. The first kappa shape index (κ1) is 19.5. The average Bonchev–Trinajstić information content (AvgIpc) is 3.26. The summed E-state index contributed by atoms with van der Waals surface area (Å²) >= 11 is 6.13. The van der Waals surface area contributed by atoms with Crippen LogP contribution in [-0.2, 0) is 0 Å². The van der Waals surface area contributed by atoms with E-state index in [1.807, 2.05) is 30.3 Å². The molecule has 2 bridgehead atoms. The fourth-order valence-electron chi connectivity index (χ4n) is 5.10. The molecule has 3 aromatic rings. The van der Waals surface area contributed by atoms with E-state index >= 15 is 0 Å². The zero-order valence-corrected chi connectivity index (χ0v) is 17.4. The molecule has 3 heterocycles. The van der Waals surface area contributed by atoms with Crippen LogP contribution >= 0.6 is 24.0 Å². The molecule has 0 N–H and O–H groups in total. The number of halogens is 2. The van der Waals surface area contributed by atoms with E-state index in [4.69, 9.17) is 16.1 Å². The Balaban J connectivity index is 0.00000192. The number of likely N-dealkylation sites (N-methyl/N-ethyl adjacent to an activating group) is 1. The second-order valence-electron chi connectivity index (χ2n) is 7.86. The molecule has 0 aliphatic carbocycles. The van der Waals surface area contributed by atoms with Gasteiger partial charge in [-0.1, -0.05) is 59.2 Å². The summed E-state index contributed by atoms with van der Waals surface area (Å²) < 4.78 is 5.93. The minimum Gasteiger partial charge on any atom is -0.360 e. The second kappa shape index (κ2) is 7.90. The van der Waals surface area contributed by atoms with Gasteiger partial charge < -0.3 is 4.52 Å². The number of rotatable bonds is 3. The van der Waals surface area contributed by atoms with Crippen molar-refractivity contribution >= 4 is 24.0 Å². The number of piperidine rings is 1. The Hall–Kier alpha value is -1.81. The van der Waals surface area contributed by atoms with E-state index in [1.54, 1.807) is 0 Å². The maximum Gasteiger partial charge on any atom is 0.142 e. The lowest BCUT2D eigenvalue weighted by atomic mass is 9.75. The summed E-state index contributed by atoms with van der Waals surface area (Å²) in [7, 11) is 2.27. The topological polar surface area (TPSA) is 29.3 Å². The minimum atomic E-state index is 0. The second-order valence-corrected chi connectivity index (χ2v) is 8.30. The first-order valence-corrected chi connectivity index (χ1v) is 10.1. The van der Waals surface area contributed by atoms with Gasteiger partial charge in [-0.2, -0.15) is 0 Å². The highest BCUT2D eigenvalue weighted by molar-refractivity contribution is 6.30. The molecule has 0 saturated carbocycles. The lowest BCUT2D eigenvalue weighted by Gasteiger charge is -2.42. The van der Waals surface area contributed by atoms with Gasteiger partial charge in [0.25, 0.3) is 0 Å². The summed E-state index contributed by atoms with van der Waals surface area (Å²) in [5.41, 5.74) is 3.37. The molecule has 2 aromatic carbocycles. The molecule has 28 heavy (non-hydrogen) atoms. The zero-order valence-electron chi connectivity index (χ0n) is 15.8. The van der Waals surface area contributed by atoms with E-state index in [2.05, 4.69) is 47.4 Å². The maximum atomic E-state index is 6.13. The number of benzene rings is 2. The molecule has 0 spiro atoms. The quantitative estimate of drug-likeness (QED) is 0.514. The van der Waals surface area contributed by atoms with Crippen LogP contribution in [0.25, 0.3) is 11.3 Å². The van der Waals surface area contributed by atoms with Gasteiger partial charge in [0.2, 0.25) is 0 Å². The predicted octanol–water partition coefficient (Wildman–Crippen LogP) is 6.15. The Morgan fingerprint density at radius 3 is 2.54 bits per heavy atom. The standard InChI is InChI=1S/C23H23ClN2O.ClH/c1-26-18-11-12-21(26)23(19(13-18)15-7-9-17(24)10-8-15)22-14-20(25-27-22)16-5-3-2-4-6-16;/h2-10,14,18-19,21,23H,11-13H2,1H3;1H. The van der Waals surface area contributed by atoms with Gasteiger partial charge >= 0.3 is 0 Å². The molecule has 4 atom stereocenters. The van der Waals surface area contributed by atoms with Gasteiger partial charge in [0.15, 0.2) is 0 Å². The van der Waals surface area contributed by atoms with Crippen molar-refractivity contribution in [3.63, 3.8) is 0 Å². The number of nitrogens with zero attached hydrogens (tertiary/aromatic N) is 2. The van der Waals surface area contributed by atoms with E-state index < -0.39 is 0 Å². The molecule has 2 saturated heterocycles. The summed E-state index contributed by atoms with van der Waals surface area (Å²) in [5.74, 6) is 1.76. The van der Waals surface area contributed by atoms with Crippen LogP contribution in [0.4, 0.5) is 0 Å². The molecular weight excluding hydrogens is 391 g/mol. The Bertz CT molecular complexity index is 925. The highest BCUT2D eigenvalue weighted by atomic mass is 35.5. The van der Waals surface area contributed by atoms with Gasteiger partial charge in [-0.3, -0.25) is 4.90 Å². The number of aromatic nitrogens is 1. The summed E-state index contributed by atoms with van der Waals surface area (Å²) in [5, 5.41) is 5.19. The molecule has 0 amide bonds. The Morgan fingerprint density at radius 2 is 1.79 bits per heavy atom. The molecule has 146 valence electrons. The van der Waals surface area contributed by atoms with E-state index in [-0.39, 0.29) is 12.4 Å². The van der Waals surface area contributed by atoms with Gasteiger partial charge in [0, 0.05) is 34.7 Å². The highest BCUT2D eigenvalue weighted by Gasteiger charge is 2.48. The molecule has 0 radical (unpaired) electrons. The van der Waals surface area contributed by atoms with E-state index in [1.165, 1.54) is 18.4 Å². The molecule has 2 fully saturated rings. The summed E-state index contributed by atoms with van der Waals surface area (Å²) in [6.07, 6.45) is 3.64. The van der Waals surface area contributed by atoms with Crippen molar-refractivity contribution in [1.29, 1.82) is 0 Å². The summed E-state index contributed by atoms with van der Waals surface area (Å²) in [6.45, 7) is 0. The van der Waals surface area contributed by atoms with Gasteiger partial charge in [0.05, 0.1) is 0 Å². The molecule has 2 aliphatic rings. The number of fused-ring (bicyclic) bond motifs is 2. The molecule has 5 heteroatoms. The van der Waals surface area contributed by atoms with Crippen molar-refractivity contribution in [3.05, 3.63) is 77.0 Å². The third-order valence-electron chi connectivity index (χ3n) is 6.49. The van der Waals surface area contributed by atoms with Crippen molar-refractivity contribution < 1.29 is 4.52 Å². The highest BCUT2D eigenvalue weighted by Crippen LogP contribution is 2.51. The lowest BCUT2D eigenvalue weighted by Crippen LogP contribution is -2.44. The predicted molar refractivity (Wildman–Crippen MR) is 115 cm³/mol. The van der Waals surface area contributed by atoms with Gasteiger partial charge in [-0.05, 0) is 49.9 Å². The van der Waals surface area contributed by atoms with Gasteiger partial charge in [0.1, 0.15) is 11.5 Å². The molecular formula is C23H24Cl2N2O. The van der Waals surface area contributed by atoms with Crippen molar-refractivity contribution in [2.45, 2.75) is 43.2 Å². The number of hydrogen-bond donors (Lipinski definition) is 0. The van der Waals surface area contributed by atoms with Crippen molar-refractivity contribution in [2.75, 3.05) is 7.05 Å². The normalized spacial score (nSPS) is 26.8. The minimum absolute atomic E-state index is 0. The average molecular weight is 415 g/mol. The Kier molecular flexibility index (Phi) is 5.50. The van der Waals surface area contributed by atoms with Crippen LogP contribution in [0, 0.1) is 0 Å². The zero-order chi connectivity index (χ0) is 18.4. The van der Waals surface area contributed by atoms with Crippen LogP contribution < -0.4 is 0 Å². The smallest absolute Gasteiger partial charge is 0.142 e. The van der Waals surface area contributed by atoms with Crippen LogP contribution in [-0.4, -0.2) is 29.2 Å². The molecule has 5 rings (SSSR count). The molecule has 1 aromatic heterocycles. The van der Waals surface area contributed by atoms with Crippen LogP contribution in [0.3, 0.4) is 0 Å². The third-order valence-corrected chi connectivity index (χ3v) is 6.75. The monoisotopic (exact) mass is 414 g/mol. The van der Waals surface area contributed by atoms with Crippen LogP contribution in [0.5, 0.6) is 0 Å². The fourth-order valence-corrected chi connectivity index (χ4v) is 5.22. The van der Waals surface area contributed by atoms with Crippen molar-refractivity contribution in [3.8, 4) is 11.3 Å². The molecule has 2 aliphatic heterocycles. The van der Waals surface area contributed by atoms with Crippen LogP contribution in [0.1, 0.15) is 42.4 Å². The van der Waals surface area contributed by atoms with Gasteiger partial charge in [-0.25, -0.2) is 0 Å². The third kappa shape index (κ3) is 3.36. The Labute approximate surface area is 177 Å². The van der Waals surface area contributed by atoms with E-state index in [0.717, 1.165) is 28.5 Å². The van der Waals surface area contributed by atoms with Crippen molar-refractivity contribution in [2.24, 2.45) is 0 Å². The largest absolute Gasteiger partial charge is 0.360 e. The maximum absolute atomic E-state index is 6.13. The summed E-state index contributed by atoms with van der Waals surface area (Å²) in [6, 6.07) is 21.9. The van der Waals surface area contributed by atoms with E-state index in [0.29, 0.717) is 23.9 Å². The van der Waals surface area contributed by atoms with Crippen LogP contribution in [0.2, 0.25) is 5.02 Å². The summed E-state index contributed by atoms with van der Waals surface area (Å²) in [4.78, 5) is 2.56. The Morgan fingerprint density at radius 1 is 1.04 bits per heavy atom. The van der Waals surface area contributed by atoms with Crippen molar-refractivity contribution in [1.82, 2.24) is 10.1 Å². The molecule has 3 nitrogen and oxygen atoms in total. The van der Waals surface area contributed by atoms with E-state index in [9.17, 15) is 0 Å². The van der Waals surface area contributed by atoms with Gasteiger partial charge in [-0.15, -0.1) is 12.4 Å². The fraction of sp³-hybridized carbons (Fsp3) is 0.348. The first-order valence-electron chi connectivity index (χ1n) is 9.70. The van der Waals surface area contributed by atoms with Crippen LogP contribution in [0.15, 0.2) is 65.2 Å². The number of hydrogen-bond acceptors (Lipinski definition) is 3. The molecule has 4 unspecified atom stereocenters. The first-order chi connectivity index (χ1) is 13.2.